The molecule has 162 valence electrons. The number of rotatable bonds is 9. The Morgan fingerprint density at radius 3 is 2.17 bits per heavy atom. The number of ether oxygens (including phenoxy) is 2. The van der Waals surface area contributed by atoms with E-state index in [1.807, 2.05) is 6.92 Å². The summed E-state index contributed by atoms with van der Waals surface area (Å²) in [6.07, 6.45) is -4.78. The first kappa shape index (κ1) is 23.0. The van der Waals surface area contributed by atoms with Gasteiger partial charge in [-0.3, -0.25) is 14.5 Å². The quantitative estimate of drug-likeness (QED) is 0.643. The molecule has 0 bridgehead atoms. The first-order chi connectivity index (χ1) is 14.2. The third kappa shape index (κ3) is 8.00. The number of para-hydroxylation sites is 2. The Labute approximate surface area is 171 Å². The molecule has 0 unspecified atom stereocenters. The van der Waals surface area contributed by atoms with Crippen LogP contribution in [0.5, 0.6) is 11.5 Å². The highest BCUT2D eigenvalue weighted by Gasteiger charge is 2.30. The van der Waals surface area contributed by atoms with Gasteiger partial charge in [0.1, 0.15) is 11.5 Å². The fraction of sp³-hybridized carbons (Fsp3) is 0.300. The SMILES string of the molecule is CCOc1ccccc1NC(=O)CN(C)CC(=O)Nc1ccc(OC(F)(F)F)cc1. The zero-order valence-electron chi connectivity index (χ0n) is 16.5. The number of nitrogens with one attached hydrogen (secondary N) is 2. The minimum Gasteiger partial charge on any atom is -0.492 e. The predicted octanol–water partition coefficient (Wildman–Crippen LogP) is 3.49. The summed E-state index contributed by atoms with van der Waals surface area (Å²) in [6, 6.07) is 11.8. The molecule has 7 nitrogen and oxygen atoms in total. The summed E-state index contributed by atoms with van der Waals surface area (Å²) in [5.74, 6) is -0.594. The van der Waals surface area contributed by atoms with Crippen LogP contribution in [0.4, 0.5) is 24.5 Å². The van der Waals surface area contributed by atoms with Crippen LogP contribution in [0.1, 0.15) is 6.92 Å². The van der Waals surface area contributed by atoms with Crippen LogP contribution in [-0.4, -0.2) is 49.8 Å². The molecule has 10 heteroatoms. The summed E-state index contributed by atoms with van der Waals surface area (Å²) in [6.45, 7) is 2.14. The van der Waals surface area contributed by atoms with Gasteiger partial charge in [-0.25, -0.2) is 0 Å². The number of hydrogen-bond donors (Lipinski definition) is 2. The van der Waals surface area contributed by atoms with Gasteiger partial charge in [0.2, 0.25) is 11.8 Å². The zero-order valence-corrected chi connectivity index (χ0v) is 16.5. The molecular weight excluding hydrogens is 403 g/mol. The average molecular weight is 425 g/mol. The number of likely N-dealkylation sites (N-methyl/N-ethyl adjacent to an activating group) is 1. The minimum absolute atomic E-state index is 0.0494. The lowest BCUT2D eigenvalue weighted by Gasteiger charge is -2.17. The van der Waals surface area contributed by atoms with Gasteiger partial charge < -0.3 is 20.1 Å². The number of nitrogens with zero attached hydrogens (tertiary/aromatic N) is 1. The van der Waals surface area contributed by atoms with Crippen LogP contribution in [0.3, 0.4) is 0 Å². The van der Waals surface area contributed by atoms with Gasteiger partial charge in [-0.2, -0.15) is 0 Å². The lowest BCUT2D eigenvalue weighted by molar-refractivity contribution is -0.274. The maximum atomic E-state index is 12.2. The van der Waals surface area contributed by atoms with Crippen molar-refractivity contribution in [3.05, 3.63) is 48.5 Å². The highest BCUT2D eigenvalue weighted by molar-refractivity contribution is 5.95. The molecule has 0 heterocycles. The molecule has 2 aromatic carbocycles. The van der Waals surface area contributed by atoms with E-state index in [1.165, 1.54) is 17.0 Å². The van der Waals surface area contributed by atoms with Crippen LogP contribution in [0, 0.1) is 0 Å². The van der Waals surface area contributed by atoms with E-state index in [-0.39, 0.29) is 24.7 Å². The van der Waals surface area contributed by atoms with Gasteiger partial charge in [-0.05, 0) is 50.4 Å². The Bertz CT molecular complexity index is 857. The third-order valence-electron chi connectivity index (χ3n) is 3.66. The van der Waals surface area contributed by atoms with Crippen molar-refractivity contribution in [1.29, 1.82) is 0 Å². The molecule has 0 aliphatic heterocycles. The van der Waals surface area contributed by atoms with Crippen molar-refractivity contribution in [3.63, 3.8) is 0 Å². The van der Waals surface area contributed by atoms with E-state index < -0.39 is 12.3 Å². The smallest absolute Gasteiger partial charge is 0.492 e. The van der Waals surface area contributed by atoms with Crippen LogP contribution in [0.15, 0.2) is 48.5 Å². The zero-order chi connectivity index (χ0) is 22.1. The minimum atomic E-state index is -4.78. The second-order valence-electron chi connectivity index (χ2n) is 6.27. The van der Waals surface area contributed by atoms with Crippen LogP contribution in [0.2, 0.25) is 0 Å². The number of hydrogen-bond acceptors (Lipinski definition) is 5. The Balaban J connectivity index is 1.82. The molecule has 2 N–H and O–H groups in total. The fourth-order valence-electron chi connectivity index (χ4n) is 2.53. The fourth-order valence-corrected chi connectivity index (χ4v) is 2.53. The molecule has 0 aromatic heterocycles. The van der Waals surface area contributed by atoms with Gasteiger partial charge in [0.25, 0.3) is 0 Å². The van der Waals surface area contributed by atoms with E-state index in [0.717, 1.165) is 12.1 Å². The molecule has 0 atom stereocenters. The van der Waals surface area contributed by atoms with Crippen molar-refractivity contribution in [2.75, 3.05) is 37.4 Å². The molecular formula is C20H22F3N3O4. The van der Waals surface area contributed by atoms with Gasteiger partial charge in [0, 0.05) is 5.69 Å². The van der Waals surface area contributed by atoms with Gasteiger partial charge in [-0.1, -0.05) is 12.1 Å². The first-order valence-electron chi connectivity index (χ1n) is 9.02. The van der Waals surface area contributed by atoms with E-state index in [2.05, 4.69) is 15.4 Å². The molecule has 0 aliphatic rings. The lowest BCUT2D eigenvalue weighted by atomic mass is 10.3. The largest absolute Gasteiger partial charge is 0.573 e. The Morgan fingerprint density at radius 2 is 1.57 bits per heavy atom. The topological polar surface area (TPSA) is 79.9 Å². The number of alkyl halides is 3. The maximum absolute atomic E-state index is 12.2. The number of halogens is 3. The molecule has 0 saturated heterocycles. The van der Waals surface area contributed by atoms with Crippen molar-refractivity contribution in [2.45, 2.75) is 13.3 Å². The standard InChI is InChI=1S/C20H22F3N3O4/c1-3-29-17-7-5-4-6-16(17)25-19(28)13-26(2)12-18(27)24-14-8-10-15(11-9-14)30-20(21,22)23/h4-11H,3,12-13H2,1-2H3,(H,24,27)(H,25,28). The Morgan fingerprint density at radius 1 is 0.967 bits per heavy atom. The molecule has 2 amide bonds. The second-order valence-corrected chi connectivity index (χ2v) is 6.27. The average Bonchev–Trinajstić information content (AvgIpc) is 2.63. The Hall–Kier alpha value is -3.27. The van der Waals surface area contributed by atoms with Crippen LogP contribution >= 0.6 is 0 Å². The van der Waals surface area contributed by atoms with E-state index in [1.54, 1.807) is 31.3 Å². The summed E-state index contributed by atoms with van der Waals surface area (Å²) < 4.78 is 45.7. The Kier molecular flexibility index (Phi) is 8.05. The molecule has 0 spiro atoms. The van der Waals surface area contributed by atoms with Gasteiger partial charge in [-0.15, -0.1) is 13.2 Å². The predicted molar refractivity (Wildman–Crippen MR) is 105 cm³/mol. The number of amides is 2. The van der Waals surface area contributed by atoms with E-state index >= 15 is 0 Å². The van der Waals surface area contributed by atoms with Crippen molar-refractivity contribution in [1.82, 2.24) is 4.90 Å². The normalized spacial score (nSPS) is 11.1. The van der Waals surface area contributed by atoms with Crippen LogP contribution < -0.4 is 20.1 Å². The number of benzene rings is 2. The highest BCUT2D eigenvalue weighted by Crippen LogP contribution is 2.24. The van der Waals surface area contributed by atoms with E-state index in [4.69, 9.17) is 4.74 Å². The number of carbonyl (C=O) groups is 2. The summed E-state index contributed by atoms with van der Waals surface area (Å²) in [7, 11) is 1.59. The summed E-state index contributed by atoms with van der Waals surface area (Å²) >= 11 is 0. The molecule has 0 radical (unpaired) electrons. The monoisotopic (exact) mass is 425 g/mol. The third-order valence-corrected chi connectivity index (χ3v) is 3.66. The molecule has 2 rings (SSSR count). The maximum Gasteiger partial charge on any atom is 0.573 e. The van der Waals surface area contributed by atoms with Gasteiger partial charge in [0.05, 0.1) is 25.4 Å². The van der Waals surface area contributed by atoms with Crippen molar-refractivity contribution < 1.29 is 32.2 Å². The van der Waals surface area contributed by atoms with E-state index in [9.17, 15) is 22.8 Å². The molecule has 30 heavy (non-hydrogen) atoms. The molecule has 0 fully saturated rings. The lowest BCUT2D eigenvalue weighted by Crippen LogP contribution is -2.36. The molecule has 0 saturated carbocycles. The number of carbonyl (C=O) groups excluding carboxylic acids is 2. The first-order valence-corrected chi connectivity index (χ1v) is 9.02. The highest BCUT2D eigenvalue weighted by atomic mass is 19.4. The van der Waals surface area contributed by atoms with Crippen LogP contribution in [0.25, 0.3) is 0 Å². The number of anilines is 2. The second kappa shape index (κ2) is 10.5. The molecule has 0 aliphatic carbocycles. The summed E-state index contributed by atoms with van der Waals surface area (Å²) in [4.78, 5) is 25.8. The van der Waals surface area contributed by atoms with E-state index in [0.29, 0.717) is 23.7 Å². The van der Waals surface area contributed by atoms with Gasteiger partial charge >= 0.3 is 6.36 Å². The van der Waals surface area contributed by atoms with Gasteiger partial charge in [0.15, 0.2) is 0 Å². The van der Waals surface area contributed by atoms with Crippen LogP contribution in [-0.2, 0) is 9.59 Å². The van der Waals surface area contributed by atoms with Crippen molar-refractivity contribution >= 4 is 23.2 Å². The van der Waals surface area contributed by atoms with Crippen molar-refractivity contribution in [3.8, 4) is 11.5 Å². The molecule has 2 aromatic rings. The summed E-state index contributed by atoms with van der Waals surface area (Å²) in [5, 5.41) is 5.27. The summed E-state index contributed by atoms with van der Waals surface area (Å²) in [5.41, 5.74) is 0.835. The van der Waals surface area contributed by atoms with Crippen molar-refractivity contribution in [2.24, 2.45) is 0 Å².